The first-order chi connectivity index (χ1) is 7.15. The molecule has 0 spiro atoms. The fourth-order valence-corrected chi connectivity index (χ4v) is 1.23. The molecule has 80 valence electrons. The highest BCUT2D eigenvalue weighted by atomic mass is 19.1. The Morgan fingerprint density at radius 2 is 2.27 bits per heavy atom. The average molecular weight is 208 g/mol. The number of ether oxygens (including phenoxy) is 1. The molecule has 1 rings (SSSR count). The molecule has 1 atom stereocenters. The highest BCUT2D eigenvalue weighted by Crippen LogP contribution is 2.17. The molecule has 0 aliphatic carbocycles. The van der Waals surface area contributed by atoms with Crippen LogP contribution in [-0.4, -0.2) is 13.2 Å². The van der Waals surface area contributed by atoms with E-state index in [9.17, 15) is 4.39 Å². The second kappa shape index (κ2) is 5.32. The topological polar surface area (TPSA) is 45.0 Å². The van der Waals surface area contributed by atoms with E-state index in [1.165, 1.54) is 12.1 Å². The van der Waals surface area contributed by atoms with Crippen LogP contribution in [0.2, 0.25) is 0 Å². The van der Waals surface area contributed by atoms with Crippen molar-refractivity contribution < 1.29 is 9.13 Å². The zero-order chi connectivity index (χ0) is 11.3. The van der Waals surface area contributed by atoms with Gasteiger partial charge in [-0.1, -0.05) is 0 Å². The number of nitriles is 1. The number of halogens is 1. The van der Waals surface area contributed by atoms with Crippen LogP contribution < -0.4 is 10.1 Å². The summed E-state index contributed by atoms with van der Waals surface area (Å²) in [6.07, 6.45) is -0.575. The summed E-state index contributed by atoms with van der Waals surface area (Å²) in [5.74, 6) is 0.0252. The molecule has 4 heteroatoms. The second-order valence-corrected chi connectivity index (χ2v) is 3.21. The first kappa shape index (κ1) is 11.5. The van der Waals surface area contributed by atoms with Crippen LogP contribution in [0.4, 0.5) is 4.39 Å². The van der Waals surface area contributed by atoms with E-state index in [2.05, 4.69) is 5.32 Å². The molecule has 1 unspecified atom stereocenters. The Kier molecular flexibility index (Phi) is 4.07. The van der Waals surface area contributed by atoms with E-state index < -0.39 is 6.10 Å². The Morgan fingerprint density at radius 3 is 2.87 bits per heavy atom. The first-order valence-electron chi connectivity index (χ1n) is 4.66. The van der Waals surface area contributed by atoms with Gasteiger partial charge in [-0.05, 0) is 31.7 Å². The van der Waals surface area contributed by atoms with Crippen LogP contribution in [0.1, 0.15) is 12.5 Å². The maximum Gasteiger partial charge on any atom is 0.181 e. The molecule has 0 saturated carbocycles. The van der Waals surface area contributed by atoms with Crippen molar-refractivity contribution in [2.45, 2.75) is 19.6 Å². The molecule has 0 fully saturated rings. The van der Waals surface area contributed by atoms with E-state index >= 15 is 0 Å². The van der Waals surface area contributed by atoms with E-state index in [4.69, 9.17) is 10.00 Å². The Bertz CT molecular complexity index is 373. The van der Waals surface area contributed by atoms with Gasteiger partial charge in [-0.2, -0.15) is 5.26 Å². The Balaban J connectivity index is 2.84. The normalized spacial score (nSPS) is 11.9. The first-order valence-corrected chi connectivity index (χ1v) is 4.66. The van der Waals surface area contributed by atoms with Gasteiger partial charge in [0, 0.05) is 12.6 Å². The van der Waals surface area contributed by atoms with Crippen LogP contribution in [0, 0.1) is 17.1 Å². The van der Waals surface area contributed by atoms with Gasteiger partial charge in [-0.15, -0.1) is 0 Å². The van der Waals surface area contributed by atoms with Crippen molar-refractivity contribution in [2.24, 2.45) is 0 Å². The van der Waals surface area contributed by atoms with Crippen molar-refractivity contribution in [3.63, 3.8) is 0 Å². The minimum atomic E-state index is -0.575. The number of hydrogen-bond donors (Lipinski definition) is 1. The maximum atomic E-state index is 13.1. The lowest BCUT2D eigenvalue weighted by Crippen LogP contribution is -2.10. The number of nitrogens with one attached hydrogen (secondary N) is 1. The molecular formula is C11H13FN2O. The Morgan fingerprint density at radius 1 is 1.53 bits per heavy atom. The maximum absolute atomic E-state index is 13.1. The van der Waals surface area contributed by atoms with Crippen molar-refractivity contribution >= 4 is 0 Å². The minimum absolute atomic E-state index is 0.358. The number of rotatable bonds is 4. The standard InChI is InChI=1S/C11H13FN2O/c1-8(6-13)15-11-4-9(7-14-2)3-10(12)5-11/h3-5,8,14H,7H2,1-2H3. The molecule has 0 heterocycles. The molecular weight excluding hydrogens is 195 g/mol. The van der Waals surface area contributed by atoms with E-state index in [0.29, 0.717) is 12.3 Å². The zero-order valence-corrected chi connectivity index (χ0v) is 8.75. The van der Waals surface area contributed by atoms with Gasteiger partial charge in [0.25, 0.3) is 0 Å². The highest BCUT2D eigenvalue weighted by molar-refractivity contribution is 5.30. The quantitative estimate of drug-likeness (QED) is 0.821. The summed E-state index contributed by atoms with van der Waals surface area (Å²) in [7, 11) is 1.78. The summed E-state index contributed by atoms with van der Waals surface area (Å²) < 4.78 is 18.3. The smallest absolute Gasteiger partial charge is 0.181 e. The summed E-state index contributed by atoms with van der Waals surface area (Å²) in [5.41, 5.74) is 0.789. The predicted octanol–water partition coefficient (Wildman–Crippen LogP) is 1.84. The van der Waals surface area contributed by atoms with Gasteiger partial charge in [0.15, 0.2) is 6.10 Å². The third kappa shape index (κ3) is 3.56. The van der Waals surface area contributed by atoms with Crippen LogP contribution >= 0.6 is 0 Å². The highest BCUT2D eigenvalue weighted by Gasteiger charge is 2.05. The van der Waals surface area contributed by atoms with E-state index in [1.54, 1.807) is 20.0 Å². The van der Waals surface area contributed by atoms with E-state index in [0.717, 1.165) is 5.56 Å². The van der Waals surface area contributed by atoms with Crippen molar-refractivity contribution in [2.75, 3.05) is 7.05 Å². The van der Waals surface area contributed by atoms with Gasteiger partial charge >= 0.3 is 0 Å². The van der Waals surface area contributed by atoms with Gasteiger partial charge in [0.05, 0.1) is 0 Å². The van der Waals surface area contributed by atoms with Crippen molar-refractivity contribution in [3.8, 4) is 11.8 Å². The van der Waals surface area contributed by atoms with Crippen LogP contribution in [0.5, 0.6) is 5.75 Å². The molecule has 0 amide bonds. The van der Waals surface area contributed by atoms with Gasteiger partial charge < -0.3 is 10.1 Å². The lowest BCUT2D eigenvalue weighted by Gasteiger charge is -2.09. The lowest BCUT2D eigenvalue weighted by atomic mass is 10.2. The summed E-state index contributed by atoms with van der Waals surface area (Å²) in [4.78, 5) is 0. The van der Waals surface area contributed by atoms with Crippen molar-refractivity contribution in [1.82, 2.24) is 5.32 Å². The number of hydrogen-bond acceptors (Lipinski definition) is 3. The lowest BCUT2D eigenvalue weighted by molar-refractivity contribution is 0.275. The van der Waals surface area contributed by atoms with Crippen LogP contribution in [-0.2, 0) is 6.54 Å². The van der Waals surface area contributed by atoms with Gasteiger partial charge in [-0.3, -0.25) is 0 Å². The second-order valence-electron chi connectivity index (χ2n) is 3.21. The van der Waals surface area contributed by atoms with Crippen molar-refractivity contribution in [1.29, 1.82) is 5.26 Å². The molecule has 1 aromatic carbocycles. The predicted molar refractivity (Wildman–Crippen MR) is 54.9 cm³/mol. The number of nitrogens with zero attached hydrogens (tertiary/aromatic N) is 1. The third-order valence-electron chi connectivity index (χ3n) is 1.81. The molecule has 0 aliphatic heterocycles. The molecule has 0 aromatic heterocycles. The molecule has 3 nitrogen and oxygen atoms in total. The summed E-state index contributed by atoms with van der Waals surface area (Å²) in [6, 6.07) is 6.34. The summed E-state index contributed by atoms with van der Waals surface area (Å²) in [5, 5.41) is 11.5. The van der Waals surface area contributed by atoms with Gasteiger partial charge in [-0.25, -0.2) is 4.39 Å². The van der Waals surface area contributed by atoms with E-state index in [1.807, 2.05) is 6.07 Å². The number of benzene rings is 1. The molecule has 0 bridgehead atoms. The molecule has 1 aromatic rings. The van der Waals surface area contributed by atoms with Gasteiger partial charge in [0.2, 0.25) is 0 Å². The van der Waals surface area contributed by atoms with Crippen LogP contribution in [0.3, 0.4) is 0 Å². The molecule has 0 radical (unpaired) electrons. The molecule has 0 aliphatic rings. The fourth-order valence-electron chi connectivity index (χ4n) is 1.23. The third-order valence-corrected chi connectivity index (χ3v) is 1.81. The van der Waals surface area contributed by atoms with Crippen molar-refractivity contribution in [3.05, 3.63) is 29.6 Å². The monoisotopic (exact) mass is 208 g/mol. The zero-order valence-electron chi connectivity index (χ0n) is 8.75. The molecule has 0 saturated heterocycles. The summed E-state index contributed by atoms with van der Waals surface area (Å²) >= 11 is 0. The minimum Gasteiger partial charge on any atom is -0.476 e. The van der Waals surface area contributed by atoms with E-state index in [-0.39, 0.29) is 5.82 Å². The molecule has 1 N–H and O–H groups in total. The summed E-state index contributed by atoms with van der Waals surface area (Å²) in [6.45, 7) is 2.18. The Labute approximate surface area is 88.5 Å². The van der Waals surface area contributed by atoms with Crippen LogP contribution in [0.25, 0.3) is 0 Å². The average Bonchev–Trinajstić information content (AvgIpc) is 2.17. The largest absolute Gasteiger partial charge is 0.476 e. The van der Waals surface area contributed by atoms with Gasteiger partial charge in [0.1, 0.15) is 17.6 Å². The fraction of sp³-hybridized carbons (Fsp3) is 0.364. The molecule has 15 heavy (non-hydrogen) atoms. The Hall–Kier alpha value is -1.60. The van der Waals surface area contributed by atoms with Crippen LogP contribution in [0.15, 0.2) is 18.2 Å². The SMILES string of the molecule is CNCc1cc(F)cc(OC(C)C#N)c1.